The van der Waals surface area contributed by atoms with E-state index in [4.69, 9.17) is 9.11 Å². The zero-order valence-electron chi connectivity index (χ0n) is 8.03. The van der Waals surface area contributed by atoms with Crippen molar-refractivity contribution in [2.45, 2.75) is 12.4 Å². The smallest absolute Gasteiger partial charge is 0.285 e. The molecule has 6 nitrogen and oxygen atoms in total. The number of rotatable bonds is 2. The standard InChI is InChI=1S/2C2H3F3O3S/c2*3-2(4,5)1-9(6,7)8/h2*1H2,(H,6,7,8). The highest BCUT2D eigenvalue weighted by Gasteiger charge is 2.34. The quantitative estimate of drug-likeness (QED) is 0.575. The lowest BCUT2D eigenvalue weighted by molar-refractivity contribution is -0.108. The molecular weight excluding hydrogens is 322 g/mol. The van der Waals surface area contributed by atoms with Gasteiger partial charge in [-0.3, -0.25) is 9.11 Å². The summed E-state index contributed by atoms with van der Waals surface area (Å²) >= 11 is 0. The van der Waals surface area contributed by atoms with E-state index in [1.807, 2.05) is 0 Å². The number of alkyl halides is 6. The Bertz CT molecular complexity index is 399. The summed E-state index contributed by atoms with van der Waals surface area (Å²) < 4.78 is 119. The summed E-state index contributed by atoms with van der Waals surface area (Å²) in [6.45, 7) is 0. The molecule has 14 heteroatoms. The molecule has 0 amide bonds. The van der Waals surface area contributed by atoms with E-state index >= 15 is 0 Å². The summed E-state index contributed by atoms with van der Waals surface area (Å²) in [5, 5.41) is 0. The molecule has 0 aliphatic heterocycles. The van der Waals surface area contributed by atoms with Gasteiger partial charge >= 0.3 is 12.4 Å². The third-order valence-corrected chi connectivity index (χ3v) is 2.08. The summed E-state index contributed by atoms with van der Waals surface area (Å²) in [5.41, 5.74) is 0. The van der Waals surface area contributed by atoms with Crippen molar-refractivity contribution < 1.29 is 52.3 Å². The van der Waals surface area contributed by atoms with Crippen LogP contribution in [-0.2, 0) is 20.2 Å². The first-order valence-corrected chi connectivity index (χ1v) is 6.67. The van der Waals surface area contributed by atoms with Crippen LogP contribution in [0.5, 0.6) is 0 Å². The largest absolute Gasteiger partial charge is 0.405 e. The van der Waals surface area contributed by atoms with Crippen LogP contribution in [0.15, 0.2) is 0 Å². The molecule has 0 heterocycles. The maximum absolute atomic E-state index is 11.0. The van der Waals surface area contributed by atoms with Crippen molar-refractivity contribution in [2.24, 2.45) is 0 Å². The number of halogens is 6. The fourth-order valence-corrected chi connectivity index (χ4v) is 1.24. The molecule has 0 rings (SSSR count). The molecule has 0 radical (unpaired) electrons. The van der Waals surface area contributed by atoms with Gasteiger partial charge in [-0.2, -0.15) is 43.2 Å². The predicted molar refractivity (Wildman–Crippen MR) is 44.9 cm³/mol. The molecule has 0 fully saturated rings. The Balaban J connectivity index is 0. The molecule has 0 saturated heterocycles. The minimum absolute atomic E-state index is 2.18. The van der Waals surface area contributed by atoms with Crippen molar-refractivity contribution in [3.05, 3.63) is 0 Å². The molecule has 18 heavy (non-hydrogen) atoms. The maximum Gasteiger partial charge on any atom is 0.405 e. The summed E-state index contributed by atoms with van der Waals surface area (Å²) in [6.07, 6.45) is -9.71. The molecule has 0 atom stereocenters. The Morgan fingerprint density at radius 2 is 0.833 bits per heavy atom. The van der Waals surface area contributed by atoms with Gasteiger partial charge in [0.2, 0.25) is 0 Å². The first kappa shape index (κ1) is 19.7. The van der Waals surface area contributed by atoms with Gasteiger partial charge in [0.1, 0.15) is 0 Å². The summed E-state index contributed by atoms with van der Waals surface area (Å²) in [4.78, 5) is 0. The summed E-state index contributed by atoms with van der Waals surface area (Å²) in [6, 6.07) is 0. The molecular formula is C4H6F6O6S2. The van der Waals surface area contributed by atoms with Crippen molar-refractivity contribution in [2.75, 3.05) is 11.5 Å². The SMILES string of the molecule is O=S(=O)(O)CC(F)(F)F.O=S(=O)(O)CC(F)(F)F. The highest BCUT2D eigenvalue weighted by Crippen LogP contribution is 2.16. The zero-order chi connectivity index (χ0) is 15.4. The van der Waals surface area contributed by atoms with Gasteiger partial charge < -0.3 is 0 Å². The highest BCUT2D eigenvalue weighted by atomic mass is 32.2. The van der Waals surface area contributed by atoms with Crippen LogP contribution < -0.4 is 0 Å². The molecule has 2 N–H and O–H groups in total. The van der Waals surface area contributed by atoms with Gasteiger partial charge in [-0.15, -0.1) is 0 Å². The van der Waals surface area contributed by atoms with Gasteiger partial charge in [0, 0.05) is 0 Å². The summed E-state index contributed by atoms with van der Waals surface area (Å²) in [7, 11) is -9.81. The molecule has 0 aliphatic carbocycles. The predicted octanol–water partition coefficient (Wildman–Crippen LogP) is 0.873. The maximum atomic E-state index is 11.0. The first-order chi connectivity index (χ1) is 7.41. The number of hydrogen-bond donors (Lipinski definition) is 2. The van der Waals surface area contributed by atoms with E-state index in [2.05, 4.69) is 0 Å². The van der Waals surface area contributed by atoms with Crippen LogP contribution in [0.25, 0.3) is 0 Å². The third-order valence-electron chi connectivity index (χ3n) is 0.692. The molecule has 0 spiro atoms. The van der Waals surface area contributed by atoms with Gasteiger partial charge in [-0.05, 0) is 0 Å². The van der Waals surface area contributed by atoms with E-state index in [0.717, 1.165) is 0 Å². The van der Waals surface area contributed by atoms with E-state index in [-0.39, 0.29) is 0 Å². The average Bonchev–Trinajstić information content (AvgIpc) is 1.64. The van der Waals surface area contributed by atoms with Crippen LogP contribution >= 0.6 is 0 Å². The van der Waals surface area contributed by atoms with E-state index in [1.54, 1.807) is 0 Å². The Labute approximate surface area is 97.1 Å². The van der Waals surface area contributed by atoms with Crippen LogP contribution in [0.1, 0.15) is 0 Å². The lowest BCUT2D eigenvalue weighted by Gasteiger charge is -2.00. The topological polar surface area (TPSA) is 109 Å². The number of hydrogen-bond acceptors (Lipinski definition) is 4. The van der Waals surface area contributed by atoms with Crippen LogP contribution in [-0.4, -0.2) is 49.8 Å². The van der Waals surface area contributed by atoms with Gasteiger partial charge in [0.05, 0.1) is 0 Å². The second kappa shape index (κ2) is 6.03. The summed E-state index contributed by atoms with van der Waals surface area (Å²) in [5.74, 6) is -4.36. The van der Waals surface area contributed by atoms with E-state index in [9.17, 15) is 43.2 Å². The average molecular weight is 328 g/mol. The monoisotopic (exact) mass is 328 g/mol. The highest BCUT2D eigenvalue weighted by molar-refractivity contribution is 7.86. The van der Waals surface area contributed by atoms with Crippen molar-refractivity contribution in [1.82, 2.24) is 0 Å². The molecule has 112 valence electrons. The Kier molecular flexibility index (Phi) is 6.61. The van der Waals surface area contributed by atoms with Crippen molar-refractivity contribution in [3.63, 3.8) is 0 Å². The lowest BCUT2D eigenvalue weighted by atomic mass is 10.8. The normalized spacial score (nSPS) is 13.8. The van der Waals surface area contributed by atoms with Crippen LogP contribution in [0.2, 0.25) is 0 Å². The molecule has 0 unspecified atom stereocenters. The van der Waals surface area contributed by atoms with Crippen molar-refractivity contribution in [1.29, 1.82) is 0 Å². The molecule has 0 aromatic carbocycles. The van der Waals surface area contributed by atoms with E-state index < -0.39 is 44.1 Å². The van der Waals surface area contributed by atoms with Crippen molar-refractivity contribution >= 4 is 20.2 Å². The van der Waals surface area contributed by atoms with Crippen molar-refractivity contribution in [3.8, 4) is 0 Å². The minimum atomic E-state index is -4.91. The second-order valence-corrected chi connectivity index (χ2v) is 5.59. The fourth-order valence-electron chi connectivity index (χ4n) is 0.414. The van der Waals surface area contributed by atoms with Gasteiger partial charge in [0.15, 0.2) is 11.5 Å². The van der Waals surface area contributed by atoms with Crippen LogP contribution in [0.4, 0.5) is 26.3 Å². The molecule has 0 saturated carbocycles. The van der Waals surface area contributed by atoms with E-state index in [1.165, 1.54) is 0 Å². The Morgan fingerprint density at radius 1 is 0.667 bits per heavy atom. The van der Waals surface area contributed by atoms with E-state index in [0.29, 0.717) is 0 Å². The van der Waals surface area contributed by atoms with Gasteiger partial charge in [-0.1, -0.05) is 0 Å². The molecule has 0 bridgehead atoms. The zero-order valence-corrected chi connectivity index (χ0v) is 9.66. The molecule has 0 aromatic rings. The van der Waals surface area contributed by atoms with Gasteiger partial charge in [0.25, 0.3) is 20.2 Å². The molecule has 0 aromatic heterocycles. The fraction of sp³-hybridized carbons (Fsp3) is 1.00. The Hall–Kier alpha value is -0.600. The van der Waals surface area contributed by atoms with Gasteiger partial charge in [-0.25, -0.2) is 0 Å². The Morgan fingerprint density at radius 3 is 0.833 bits per heavy atom. The first-order valence-electron chi connectivity index (χ1n) is 3.45. The van der Waals surface area contributed by atoms with Crippen LogP contribution in [0, 0.1) is 0 Å². The lowest BCUT2D eigenvalue weighted by Crippen LogP contribution is -2.21. The molecule has 0 aliphatic rings. The van der Waals surface area contributed by atoms with Crippen LogP contribution in [0.3, 0.4) is 0 Å². The second-order valence-electron chi connectivity index (χ2n) is 2.68. The third kappa shape index (κ3) is 24.6. The minimum Gasteiger partial charge on any atom is -0.285 e.